The molecule has 0 radical (unpaired) electrons. The molecule has 1 fully saturated rings. The largest absolute Gasteiger partial charge is 0.392 e. The molecule has 1 aromatic heterocycles. The summed E-state index contributed by atoms with van der Waals surface area (Å²) in [5.74, 6) is 0.697. The zero-order chi connectivity index (χ0) is 23.2. The van der Waals surface area contributed by atoms with Crippen LogP contribution in [0.25, 0.3) is 0 Å². The van der Waals surface area contributed by atoms with Gasteiger partial charge in [0.05, 0.1) is 23.8 Å². The van der Waals surface area contributed by atoms with Crippen LogP contribution in [0, 0.1) is 5.92 Å². The van der Waals surface area contributed by atoms with E-state index < -0.39 is 6.29 Å². The first-order valence-corrected chi connectivity index (χ1v) is 11.9. The van der Waals surface area contributed by atoms with Crippen LogP contribution in [0.1, 0.15) is 42.9 Å². The van der Waals surface area contributed by atoms with Gasteiger partial charge >= 0.3 is 0 Å². The van der Waals surface area contributed by atoms with Crippen LogP contribution in [-0.2, 0) is 20.9 Å². The molecule has 3 aromatic rings. The maximum atomic E-state index is 11.5. The number of amides is 1. The topological polar surface area (TPSA) is 80.7 Å². The minimum atomic E-state index is -0.577. The van der Waals surface area contributed by atoms with Crippen LogP contribution in [0.2, 0.25) is 0 Å². The SMILES string of the molecule is CC(=O)Nc1cccc(C2OC(CSc3ccccn3)C(C)C(c3ccc(CO)cc3)O2)c1. The van der Waals surface area contributed by atoms with Gasteiger partial charge in [0.15, 0.2) is 6.29 Å². The Bertz CT molecular complexity index is 1060. The van der Waals surface area contributed by atoms with Gasteiger partial charge in [-0.1, -0.05) is 49.4 Å². The van der Waals surface area contributed by atoms with E-state index in [-0.39, 0.29) is 30.6 Å². The number of hydrogen-bond acceptors (Lipinski definition) is 6. The zero-order valence-electron chi connectivity index (χ0n) is 18.7. The van der Waals surface area contributed by atoms with E-state index in [0.717, 1.165) is 27.5 Å². The second-order valence-corrected chi connectivity index (χ2v) is 9.15. The molecule has 0 saturated carbocycles. The average molecular weight is 465 g/mol. The zero-order valence-corrected chi connectivity index (χ0v) is 19.5. The molecule has 0 spiro atoms. The molecule has 1 saturated heterocycles. The van der Waals surface area contributed by atoms with Crippen LogP contribution in [0.4, 0.5) is 5.69 Å². The molecular formula is C26H28N2O4S. The summed E-state index contributed by atoms with van der Waals surface area (Å²) in [6.45, 7) is 3.63. The van der Waals surface area contributed by atoms with E-state index in [0.29, 0.717) is 5.69 Å². The molecule has 1 amide bonds. The van der Waals surface area contributed by atoms with Crippen molar-refractivity contribution in [3.8, 4) is 0 Å². The lowest BCUT2D eigenvalue weighted by Gasteiger charge is -2.41. The summed E-state index contributed by atoms with van der Waals surface area (Å²) in [7, 11) is 0. The highest BCUT2D eigenvalue weighted by molar-refractivity contribution is 7.99. The van der Waals surface area contributed by atoms with Gasteiger partial charge in [0.2, 0.25) is 5.91 Å². The number of anilines is 1. The molecule has 6 nitrogen and oxygen atoms in total. The molecule has 4 unspecified atom stereocenters. The van der Waals surface area contributed by atoms with E-state index in [1.807, 2.05) is 66.7 Å². The molecule has 4 atom stereocenters. The monoisotopic (exact) mass is 464 g/mol. The van der Waals surface area contributed by atoms with E-state index >= 15 is 0 Å². The average Bonchev–Trinajstić information content (AvgIpc) is 2.84. The Hall–Kier alpha value is -2.71. The molecule has 1 aliphatic heterocycles. The summed E-state index contributed by atoms with van der Waals surface area (Å²) in [6, 6.07) is 21.3. The lowest BCUT2D eigenvalue weighted by Crippen LogP contribution is -2.38. The van der Waals surface area contributed by atoms with Gasteiger partial charge in [-0.2, -0.15) is 0 Å². The number of ether oxygens (including phenoxy) is 2. The number of rotatable bonds is 7. The highest BCUT2D eigenvalue weighted by atomic mass is 32.2. The maximum absolute atomic E-state index is 11.5. The van der Waals surface area contributed by atoms with Gasteiger partial charge < -0.3 is 19.9 Å². The molecular weight excluding hydrogens is 436 g/mol. The minimum Gasteiger partial charge on any atom is -0.392 e. The second-order valence-electron chi connectivity index (χ2n) is 8.11. The van der Waals surface area contributed by atoms with Gasteiger partial charge in [0.25, 0.3) is 0 Å². The number of carbonyl (C=O) groups excluding carboxylic acids is 1. The van der Waals surface area contributed by atoms with Crippen LogP contribution >= 0.6 is 11.8 Å². The van der Waals surface area contributed by atoms with Crippen molar-refractivity contribution in [1.29, 1.82) is 0 Å². The first-order chi connectivity index (χ1) is 16.0. The van der Waals surface area contributed by atoms with E-state index in [1.54, 1.807) is 18.0 Å². The van der Waals surface area contributed by atoms with Crippen LogP contribution in [0.3, 0.4) is 0 Å². The van der Waals surface area contributed by atoms with Crippen LogP contribution in [0.5, 0.6) is 0 Å². The highest BCUT2D eigenvalue weighted by Gasteiger charge is 2.38. The lowest BCUT2D eigenvalue weighted by atomic mass is 9.91. The Morgan fingerprint density at radius 2 is 1.88 bits per heavy atom. The summed E-state index contributed by atoms with van der Waals surface area (Å²) in [6.07, 6.45) is 0.947. The first kappa shape index (κ1) is 23.4. The van der Waals surface area contributed by atoms with Gasteiger partial charge in [-0.05, 0) is 35.4 Å². The number of aromatic nitrogens is 1. The molecule has 0 aliphatic carbocycles. The lowest BCUT2D eigenvalue weighted by molar-refractivity contribution is -0.268. The molecule has 2 aromatic carbocycles. The molecule has 0 bridgehead atoms. The predicted octanol–water partition coefficient (Wildman–Crippen LogP) is 5.12. The van der Waals surface area contributed by atoms with Gasteiger partial charge in [0, 0.05) is 36.0 Å². The Balaban J connectivity index is 1.60. The predicted molar refractivity (Wildman–Crippen MR) is 129 cm³/mol. The standard InChI is InChI=1S/C26H28N2O4S/c1-17-23(16-33-24-8-3-4-13-27-24)31-26(21-6-5-7-22(14-21)28-18(2)30)32-25(17)20-11-9-19(15-29)10-12-20/h3-14,17,23,25-26,29H,15-16H2,1-2H3,(H,28,30). The quantitative estimate of drug-likeness (QED) is 0.473. The fourth-order valence-corrected chi connectivity index (χ4v) is 4.90. The normalized spacial score (nSPS) is 22.6. The van der Waals surface area contributed by atoms with Crippen LogP contribution < -0.4 is 5.32 Å². The second kappa shape index (κ2) is 10.9. The molecule has 7 heteroatoms. The van der Waals surface area contributed by atoms with Crippen molar-refractivity contribution in [2.24, 2.45) is 5.92 Å². The third-order valence-corrected chi connectivity index (χ3v) is 6.67. The Labute approximate surface area is 198 Å². The van der Waals surface area contributed by atoms with Crippen molar-refractivity contribution in [3.63, 3.8) is 0 Å². The highest BCUT2D eigenvalue weighted by Crippen LogP contribution is 2.43. The number of nitrogens with one attached hydrogen (secondary N) is 1. The summed E-state index contributed by atoms with van der Waals surface area (Å²) < 4.78 is 12.9. The fraction of sp³-hybridized carbons (Fsp3) is 0.308. The van der Waals surface area contributed by atoms with Crippen molar-refractivity contribution in [1.82, 2.24) is 4.98 Å². The number of aliphatic hydroxyl groups excluding tert-OH is 1. The van der Waals surface area contributed by atoms with E-state index in [9.17, 15) is 9.90 Å². The molecule has 33 heavy (non-hydrogen) atoms. The maximum Gasteiger partial charge on any atom is 0.221 e. The number of benzene rings is 2. The molecule has 2 N–H and O–H groups in total. The van der Waals surface area contributed by atoms with Crippen molar-refractivity contribution >= 4 is 23.4 Å². The molecule has 172 valence electrons. The van der Waals surface area contributed by atoms with Crippen LogP contribution in [0.15, 0.2) is 78.0 Å². The number of hydrogen-bond donors (Lipinski definition) is 2. The van der Waals surface area contributed by atoms with Crippen molar-refractivity contribution < 1.29 is 19.4 Å². The third-order valence-electron chi connectivity index (χ3n) is 5.64. The smallest absolute Gasteiger partial charge is 0.221 e. The third kappa shape index (κ3) is 6.00. The number of aliphatic hydroxyl groups is 1. The summed E-state index contributed by atoms with van der Waals surface area (Å²) in [5.41, 5.74) is 3.45. The Kier molecular flexibility index (Phi) is 7.77. The number of carbonyl (C=O) groups is 1. The van der Waals surface area contributed by atoms with Gasteiger partial charge in [-0.3, -0.25) is 4.79 Å². The number of thioether (sulfide) groups is 1. The van der Waals surface area contributed by atoms with Gasteiger partial charge in [0.1, 0.15) is 0 Å². The van der Waals surface area contributed by atoms with Crippen molar-refractivity contribution in [2.45, 2.75) is 44.0 Å². The number of pyridine rings is 1. The fourth-order valence-electron chi connectivity index (χ4n) is 3.88. The Morgan fingerprint density at radius 1 is 1.06 bits per heavy atom. The molecule has 4 rings (SSSR count). The van der Waals surface area contributed by atoms with E-state index in [4.69, 9.17) is 9.47 Å². The van der Waals surface area contributed by atoms with E-state index in [2.05, 4.69) is 17.2 Å². The summed E-state index contributed by atoms with van der Waals surface area (Å²) >= 11 is 1.66. The number of nitrogens with zero attached hydrogens (tertiary/aromatic N) is 1. The summed E-state index contributed by atoms with van der Waals surface area (Å²) in [5, 5.41) is 13.2. The van der Waals surface area contributed by atoms with Gasteiger partial charge in [-0.25, -0.2) is 4.98 Å². The van der Waals surface area contributed by atoms with E-state index in [1.165, 1.54) is 6.92 Å². The van der Waals surface area contributed by atoms with Gasteiger partial charge in [-0.15, -0.1) is 11.8 Å². The van der Waals surface area contributed by atoms with Crippen LogP contribution in [-0.4, -0.2) is 27.9 Å². The Morgan fingerprint density at radius 3 is 2.58 bits per heavy atom. The van der Waals surface area contributed by atoms with Crippen molar-refractivity contribution in [2.75, 3.05) is 11.1 Å². The molecule has 2 heterocycles. The van der Waals surface area contributed by atoms with Crippen molar-refractivity contribution in [3.05, 3.63) is 89.6 Å². The molecule has 1 aliphatic rings. The minimum absolute atomic E-state index is 0.00632. The first-order valence-electron chi connectivity index (χ1n) is 11.0. The summed E-state index contributed by atoms with van der Waals surface area (Å²) in [4.78, 5) is 15.9.